The summed E-state index contributed by atoms with van der Waals surface area (Å²) in [4.78, 5) is 0. The maximum absolute atomic E-state index is 13.9. The molecule has 0 unspecified atom stereocenters. The van der Waals surface area contributed by atoms with E-state index in [9.17, 15) is 8.78 Å². The molecule has 0 aliphatic heterocycles. The number of nitrogen functional groups attached to an aromatic ring is 1. The highest BCUT2D eigenvalue weighted by Gasteiger charge is 2.20. The summed E-state index contributed by atoms with van der Waals surface area (Å²) in [6.07, 6.45) is 0. The van der Waals surface area contributed by atoms with Gasteiger partial charge >= 0.3 is 0 Å². The normalized spacial score (nSPS) is 10.8. The largest absolute Gasteiger partial charge is 0.396 e. The molecule has 0 radical (unpaired) electrons. The van der Waals surface area contributed by atoms with Crippen LogP contribution in [0.15, 0.2) is 18.2 Å². The molecule has 2 N–H and O–H groups in total. The van der Waals surface area contributed by atoms with Gasteiger partial charge in [-0.05, 0) is 12.1 Å². The Morgan fingerprint density at radius 3 is 1.84 bits per heavy atom. The van der Waals surface area contributed by atoms with Gasteiger partial charge in [-0.1, -0.05) is 46.4 Å². The third-order valence-corrected chi connectivity index (χ3v) is 4.04. The SMILES string of the molecule is Nc1cc(F)c(-c2c(Cl)c(Cl)cc(Cl)c2Cl)cc1F. The molecular formula is C12H5Cl4F2N. The molecule has 0 aromatic heterocycles. The van der Waals surface area contributed by atoms with E-state index in [0.29, 0.717) is 0 Å². The molecule has 0 fully saturated rings. The van der Waals surface area contributed by atoms with Crippen LogP contribution in [0.3, 0.4) is 0 Å². The van der Waals surface area contributed by atoms with Crippen molar-refractivity contribution in [3.8, 4) is 11.1 Å². The molecule has 19 heavy (non-hydrogen) atoms. The quantitative estimate of drug-likeness (QED) is 0.512. The van der Waals surface area contributed by atoms with Crippen LogP contribution in [-0.2, 0) is 0 Å². The molecule has 0 saturated carbocycles. The van der Waals surface area contributed by atoms with Crippen LogP contribution in [0.1, 0.15) is 0 Å². The van der Waals surface area contributed by atoms with Crippen molar-refractivity contribution in [3.63, 3.8) is 0 Å². The average Bonchev–Trinajstić information content (AvgIpc) is 2.33. The van der Waals surface area contributed by atoms with Gasteiger partial charge in [0.05, 0.1) is 25.8 Å². The van der Waals surface area contributed by atoms with Crippen molar-refractivity contribution in [1.29, 1.82) is 0 Å². The van der Waals surface area contributed by atoms with Gasteiger partial charge in [-0.15, -0.1) is 0 Å². The number of rotatable bonds is 1. The molecule has 0 aliphatic carbocycles. The summed E-state index contributed by atoms with van der Waals surface area (Å²) in [5.41, 5.74) is 4.82. The van der Waals surface area contributed by atoms with Gasteiger partial charge < -0.3 is 5.73 Å². The molecule has 100 valence electrons. The molecule has 0 atom stereocenters. The van der Waals surface area contributed by atoms with Crippen LogP contribution < -0.4 is 5.73 Å². The Kier molecular flexibility index (Phi) is 4.11. The second kappa shape index (κ2) is 5.33. The predicted octanol–water partition coefficient (Wildman–Crippen LogP) is 5.83. The first-order valence-electron chi connectivity index (χ1n) is 4.90. The van der Waals surface area contributed by atoms with Gasteiger partial charge in [0.1, 0.15) is 11.6 Å². The molecule has 2 aromatic rings. The second-order valence-electron chi connectivity index (χ2n) is 3.70. The fraction of sp³-hybridized carbons (Fsp3) is 0. The number of benzene rings is 2. The van der Waals surface area contributed by atoms with Gasteiger partial charge in [-0.3, -0.25) is 0 Å². The third-order valence-electron chi connectivity index (χ3n) is 2.47. The summed E-state index contributed by atoms with van der Waals surface area (Å²) in [6.45, 7) is 0. The van der Waals surface area contributed by atoms with E-state index in [1.807, 2.05) is 0 Å². The van der Waals surface area contributed by atoms with Gasteiger partial charge in [0.25, 0.3) is 0 Å². The van der Waals surface area contributed by atoms with Crippen molar-refractivity contribution in [2.24, 2.45) is 0 Å². The Hall–Kier alpha value is -0.740. The second-order valence-corrected chi connectivity index (χ2v) is 5.27. The first-order valence-corrected chi connectivity index (χ1v) is 6.42. The zero-order chi connectivity index (χ0) is 14.3. The van der Waals surface area contributed by atoms with E-state index in [4.69, 9.17) is 52.1 Å². The van der Waals surface area contributed by atoms with E-state index < -0.39 is 11.6 Å². The predicted molar refractivity (Wildman–Crippen MR) is 76.2 cm³/mol. The minimum Gasteiger partial charge on any atom is -0.396 e. The Bertz CT molecular complexity index is 647. The molecule has 0 heterocycles. The van der Waals surface area contributed by atoms with Gasteiger partial charge in [-0.25, -0.2) is 8.78 Å². The Morgan fingerprint density at radius 2 is 1.32 bits per heavy atom. The molecule has 7 heteroatoms. The highest BCUT2D eigenvalue weighted by atomic mass is 35.5. The molecular weight excluding hydrogens is 338 g/mol. The highest BCUT2D eigenvalue weighted by Crippen LogP contribution is 2.44. The van der Waals surface area contributed by atoms with Gasteiger partial charge in [0, 0.05) is 17.2 Å². The molecule has 0 amide bonds. The van der Waals surface area contributed by atoms with Crippen molar-refractivity contribution >= 4 is 52.1 Å². The van der Waals surface area contributed by atoms with E-state index in [-0.39, 0.29) is 36.9 Å². The number of halogens is 6. The Morgan fingerprint density at radius 1 is 0.789 bits per heavy atom. The topological polar surface area (TPSA) is 26.0 Å². The van der Waals surface area contributed by atoms with Crippen LogP contribution >= 0.6 is 46.4 Å². The third kappa shape index (κ3) is 2.61. The van der Waals surface area contributed by atoms with E-state index in [1.165, 1.54) is 6.07 Å². The summed E-state index contributed by atoms with van der Waals surface area (Å²) >= 11 is 23.6. The van der Waals surface area contributed by atoms with Crippen molar-refractivity contribution in [2.45, 2.75) is 0 Å². The fourth-order valence-electron chi connectivity index (χ4n) is 1.56. The summed E-state index contributed by atoms with van der Waals surface area (Å²) in [5.74, 6) is -1.57. The van der Waals surface area contributed by atoms with E-state index in [1.54, 1.807) is 0 Å². The lowest BCUT2D eigenvalue weighted by molar-refractivity contribution is 0.607. The van der Waals surface area contributed by atoms with Gasteiger partial charge in [0.2, 0.25) is 0 Å². The maximum atomic E-state index is 13.9. The first-order chi connectivity index (χ1) is 8.82. The summed E-state index contributed by atoms with van der Waals surface area (Å²) in [6, 6.07) is 3.05. The molecule has 0 bridgehead atoms. The van der Waals surface area contributed by atoms with Gasteiger partial charge in [0.15, 0.2) is 0 Å². The monoisotopic (exact) mass is 341 g/mol. The number of nitrogens with two attached hydrogens (primary N) is 1. The van der Waals surface area contributed by atoms with Crippen LogP contribution in [0.5, 0.6) is 0 Å². The van der Waals surface area contributed by atoms with Crippen LogP contribution in [0.25, 0.3) is 11.1 Å². The zero-order valence-corrected chi connectivity index (χ0v) is 12.1. The smallest absolute Gasteiger partial charge is 0.146 e. The number of hydrogen-bond acceptors (Lipinski definition) is 1. The molecule has 2 aromatic carbocycles. The maximum Gasteiger partial charge on any atom is 0.146 e. The summed E-state index contributed by atoms with van der Waals surface area (Å²) in [5, 5.41) is 0.142. The summed E-state index contributed by atoms with van der Waals surface area (Å²) in [7, 11) is 0. The molecule has 0 spiro atoms. The molecule has 1 nitrogen and oxygen atoms in total. The Balaban J connectivity index is 2.83. The lowest BCUT2D eigenvalue weighted by Crippen LogP contribution is -1.96. The fourth-order valence-corrected chi connectivity index (χ4v) is 2.58. The molecule has 0 aliphatic rings. The van der Waals surface area contributed by atoms with Crippen molar-refractivity contribution in [3.05, 3.63) is 49.9 Å². The molecule has 2 rings (SSSR count). The van der Waals surface area contributed by atoms with Crippen molar-refractivity contribution in [2.75, 3.05) is 5.73 Å². The standard InChI is InChI=1S/C12H5Cl4F2N/c13-5-2-6(14)12(16)10(11(5)15)4-1-8(18)9(19)3-7(4)17/h1-3H,19H2. The lowest BCUT2D eigenvalue weighted by atomic mass is 10.0. The van der Waals surface area contributed by atoms with Crippen LogP contribution in [-0.4, -0.2) is 0 Å². The van der Waals surface area contributed by atoms with Gasteiger partial charge in [-0.2, -0.15) is 0 Å². The van der Waals surface area contributed by atoms with Crippen molar-refractivity contribution < 1.29 is 8.78 Å². The molecule has 0 saturated heterocycles. The number of hydrogen-bond donors (Lipinski definition) is 1. The van der Waals surface area contributed by atoms with Crippen LogP contribution in [0, 0.1) is 11.6 Å². The lowest BCUT2D eigenvalue weighted by Gasteiger charge is -2.12. The average molecular weight is 343 g/mol. The van der Waals surface area contributed by atoms with E-state index in [0.717, 1.165) is 12.1 Å². The first kappa shape index (κ1) is 14.7. The van der Waals surface area contributed by atoms with E-state index in [2.05, 4.69) is 0 Å². The Labute approximate surface area is 127 Å². The number of anilines is 1. The summed E-state index contributed by atoms with van der Waals surface area (Å²) < 4.78 is 27.4. The minimum absolute atomic E-state index is 0.0147. The van der Waals surface area contributed by atoms with E-state index >= 15 is 0 Å². The highest BCUT2D eigenvalue weighted by molar-refractivity contribution is 6.50. The van der Waals surface area contributed by atoms with Crippen LogP contribution in [0.4, 0.5) is 14.5 Å². The zero-order valence-electron chi connectivity index (χ0n) is 9.08. The minimum atomic E-state index is -0.792. The van der Waals surface area contributed by atoms with Crippen LogP contribution in [0.2, 0.25) is 20.1 Å². The van der Waals surface area contributed by atoms with Crippen molar-refractivity contribution in [1.82, 2.24) is 0 Å².